The Bertz CT molecular complexity index is 1180. The molecule has 0 spiro atoms. The van der Waals surface area contributed by atoms with Gasteiger partial charge in [0.15, 0.2) is 0 Å². The van der Waals surface area contributed by atoms with Crippen molar-refractivity contribution >= 4 is 34.8 Å². The number of hydrogen-bond acceptors (Lipinski definition) is 2. The predicted octanol–water partition coefficient (Wildman–Crippen LogP) is 5.47. The van der Waals surface area contributed by atoms with Gasteiger partial charge in [0.05, 0.1) is 25.4 Å². The summed E-state index contributed by atoms with van der Waals surface area (Å²) in [5.41, 5.74) is 2.64. The Morgan fingerprint density at radius 2 is 1.62 bits per heavy atom. The van der Waals surface area contributed by atoms with E-state index in [4.69, 9.17) is 0 Å². The number of pyridine rings is 1. The molecule has 0 aliphatic carbocycles. The van der Waals surface area contributed by atoms with E-state index in [1.54, 1.807) is 0 Å². The summed E-state index contributed by atoms with van der Waals surface area (Å²) in [6.45, 7) is 7.10. The fraction of sp³-hybridized carbons (Fsp3) is 0.130. The van der Waals surface area contributed by atoms with Crippen molar-refractivity contribution in [1.82, 2.24) is 4.98 Å². The Morgan fingerprint density at radius 3 is 2.38 bits per heavy atom. The number of aromatic nitrogens is 1. The summed E-state index contributed by atoms with van der Waals surface area (Å²) in [7, 11) is -1.46. The lowest BCUT2D eigenvalue weighted by molar-refractivity contribution is 1.36. The second-order valence-corrected chi connectivity index (χ2v) is 12.7. The molecular weight excluding hydrogens is 332 g/mol. The van der Waals surface area contributed by atoms with Crippen LogP contribution in [-0.4, -0.2) is 13.1 Å². The monoisotopic (exact) mass is 352 g/mol. The first-order valence-electron chi connectivity index (χ1n) is 8.80. The van der Waals surface area contributed by atoms with Crippen LogP contribution in [0.15, 0.2) is 66.9 Å². The normalized spacial score (nSPS) is 11.6. The van der Waals surface area contributed by atoms with Crippen LogP contribution < -0.4 is 5.19 Å². The molecule has 0 saturated carbocycles. The Labute approximate surface area is 154 Å². The predicted molar refractivity (Wildman–Crippen MR) is 112 cm³/mol. The maximum atomic E-state index is 9.61. The first-order valence-corrected chi connectivity index (χ1v) is 12.3. The van der Waals surface area contributed by atoms with Gasteiger partial charge in [-0.15, -0.1) is 0 Å². The molecule has 1 aromatic heterocycles. The van der Waals surface area contributed by atoms with E-state index in [9.17, 15) is 5.26 Å². The minimum absolute atomic E-state index is 0.693. The molecule has 0 atom stereocenters. The Morgan fingerprint density at radius 1 is 0.846 bits per heavy atom. The molecule has 0 unspecified atom stereocenters. The van der Waals surface area contributed by atoms with Gasteiger partial charge in [-0.25, -0.2) is 0 Å². The molecule has 4 aromatic rings. The minimum atomic E-state index is -1.46. The van der Waals surface area contributed by atoms with Gasteiger partial charge in [0, 0.05) is 17.1 Å². The zero-order valence-corrected chi connectivity index (χ0v) is 16.2. The summed E-state index contributed by atoms with van der Waals surface area (Å²) in [4.78, 5) is 4.69. The second kappa shape index (κ2) is 6.08. The van der Waals surface area contributed by atoms with Crippen molar-refractivity contribution in [3.8, 4) is 17.3 Å². The summed E-state index contributed by atoms with van der Waals surface area (Å²) in [6.07, 6.45) is 1.89. The molecule has 0 amide bonds. The van der Waals surface area contributed by atoms with Gasteiger partial charge in [-0.3, -0.25) is 4.98 Å². The van der Waals surface area contributed by atoms with E-state index >= 15 is 0 Å². The van der Waals surface area contributed by atoms with Crippen LogP contribution in [0.2, 0.25) is 19.6 Å². The Hall–Kier alpha value is -2.96. The molecule has 126 valence electrons. The molecular formula is C23H20N2Si. The van der Waals surface area contributed by atoms with Crippen LogP contribution in [0, 0.1) is 11.3 Å². The molecule has 3 aromatic carbocycles. The third-order valence-electron chi connectivity index (χ3n) is 4.87. The third kappa shape index (κ3) is 2.69. The van der Waals surface area contributed by atoms with Gasteiger partial charge in [0.1, 0.15) is 0 Å². The number of rotatable bonds is 2. The van der Waals surface area contributed by atoms with Crippen molar-refractivity contribution < 1.29 is 0 Å². The molecule has 0 saturated heterocycles. The first-order chi connectivity index (χ1) is 12.5. The molecule has 3 heteroatoms. The third-order valence-corrected chi connectivity index (χ3v) is 6.92. The smallest absolute Gasteiger partial charge is 0.0998 e. The molecule has 26 heavy (non-hydrogen) atoms. The summed E-state index contributed by atoms with van der Waals surface area (Å²) in [6, 6.07) is 23.1. The van der Waals surface area contributed by atoms with E-state index in [-0.39, 0.29) is 0 Å². The van der Waals surface area contributed by atoms with Crippen LogP contribution in [0.25, 0.3) is 32.8 Å². The Kier molecular flexibility index (Phi) is 3.86. The standard InChI is InChI=1S/C23H20N2Si/c1-26(2,3)22-10-6-9-21-20(22)11-12-25-23(21)17-13-16-7-4-5-8-19(16)18(14-17)15-24/h4-14H,1-3H3. The molecule has 1 heterocycles. The summed E-state index contributed by atoms with van der Waals surface area (Å²) in [5.74, 6) is 0. The maximum Gasteiger partial charge on any atom is 0.0998 e. The molecule has 0 aliphatic heterocycles. The van der Waals surface area contributed by atoms with Crippen molar-refractivity contribution in [3.05, 3.63) is 72.4 Å². The topological polar surface area (TPSA) is 36.7 Å². The maximum absolute atomic E-state index is 9.61. The minimum Gasteiger partial charge on any atom is -0.256 e. The van der Waals surface area contributed by atoms with Crippen molar-refractivity contribution in [2.24, 2.45) is 0 Å². The van der Waals surface area contributed by atoms with Crippen molar-refractivity contribution in [1.29, 1.82) is 5.26 Å². The SMILES string of the molecule is C[Si](C)(C)c1cccc2c(-c3cc(C#N)c4ccccc4c3)nccc12. The second-order valence-electron chi connectivity index (χ2n) is 7.67. The highest BCUT2D eigenvalue weighted by atomic mass is 28.3. The average Bonchev–Trinajstić information content (AvgIpc) is 2.65. The van der Waals surface area contributed by atoms with Gasteiger partial charge in [-0.2, -0.15) is 5.26 Å². The van der Waals surface area contributed by atoms with E-state index in [1.807, 2.05) is 30.5 Å². The lowest BCUT2D eigenvalue weighted by atomic mass is 9.97. The van der Waals surface area contributed by atoms with Crippen LogP contribution in [-0.2, 0) is 0 Å². The van der Waals surface area contributed by atoms with Gasteiger partial charge in [0.25, 0.3) is 0 Å². The molecule has 0 N–H and O–H groups in total. The lowest BCUT2D eigenvalue weighted by Gasteiger charge is -2.20. The van der Waals surface area contributed by atoms with Gasteiger partial charge < -0.3 is 0 Å². The van der Waals surface area contributed by atoms with Crippen LogP contribution >= 0.6 is 0 Å². The lowest BCUT2D eigenvalue weighted by Crippen LogP contribution is -2.38. The van der Waals surface area contributed by atoms with E-state index < -0.39 is 8.07 Å². The fourth-order valence-corrected chi connectivity index (χ4v) is 5.25. The summed E-state index contributed by atoms with van der Waals surface area (Å²) < 4.78 is 0. The molecule has 0 bridgehead atoms. The van der Waals surface area contributed by atoms with Gasteiger partial charge in [-0.05, 0) is 34.4 Å². The van der Waals surface area contributed by atoms with Crippen molar-refractivity contribution in [2.75, 3.05) is 0 Å². The number of fused-ring (bicyclic) bond motifs is 2. The molecule has 0 radical (unpaired) electrons. The largest absolute Gasteiger partial charge is 0.256 e. The zero-order valence-electron chi connectivity index (χ0n) is 15.2. The summed E-state index contributed by atoms with van der Waals surface area (Å²) >= 11 is 0. The van der Waals surface area contributed by atoms with Crippen molar-refractivity contribution in [3.63, 3.8) is 0 Å². The highest BCUT2D eigenvalue weighted by Gasteiger charge is 2.20. The Balaban J connectivity index is 2.05. The fourth-order valence-electron chi connectivity index (χ4n) is 3.63. The molecule has 2 nitrogen and oxygen atoms in total. The van der Waals surface area contributed by atoms with E-state index in [2.05, 4.69) is 67.1 Å². The number of nitriles is 1. The molecule has 0 aliphatic rings. The number of nitrogens with zero attached hydrogens (tertiary/aromatic N) is 2. The van der Waals surface area contributed by atoms with E-state index in [0.717, 1.165) is 27.4 Å². The van der Waals surface area contributed by atoms with Crippen molar-refractivity contribution in [2.45, 2.75) is 19.6 Å². The van der Waals surface area contributed by atoms with E-state index in [1.165, 1.54) is 10.6 Å². The van der Waals surface area contributed by atoms with Gasteiger partial charge in [0.2, 0.25) is 0 Å². The average molecular weight is 353 g/mol. The van der Waals surface area contributed by atoms with Gasteiger partial charge >= 0.3 is 0 Å². The first kappa shape index (κ1) is 16.5. The van der Waals surface area contributed by atoms with Crippen LogP contribution in [0.5, 0.6) is 0 Å². The number of benzene rings is 3. The molecule has 0 fully saturated rings. The molecule has 4 rings (SSSR count). The van der Waals surface area contributed by atoms with Crippen LogP contribution in [0.4, 0.5) is 0 Å². The zero-order chi connectivity index (χ0) is 18.3. The highest BCUT2D eigenvalue weighted by Crippen LogP contribution is 2.31. The van der Waals surface area contributed by atoms with Crippen LogP contribution in [0.3, 0.4) is 0 Å². The number of hydrogen-bond donors (Lipinski definition) is 0. The highest BCUT2D eigenvalue weighted by molar-refractivity contribution is 6.90. The van der Waals surface area contributed by atoms with E-state index in [0.29, 0.717) is 5.56 Å². The summed E-state index contributed by atoms with van der Waals surface area (Å²) in [5, 5.41) is 15.5. The van der Waals surface area contributed by atoms with Gasteiger partial charge in [-0.1, -0.05) is 67.3 Å². The van der Waals surface area contributed by atoms with Crippen LogP contribution in [0.1, 0.15) is 5.56 Å². The quantitative estimate of drug-likeness (QED) is 0.448.